The van der Waals surface area contributed by atoms with E-state index in [1.165, 1.54) is 10.7 Å². The van der Waals surface area contributed by atoms with Gasteiger partial charge in [0.15, 0.2) is 0 Å². The number of aryl methyl sites for hydroxylation is 1. The van der Waals surface area contributed by atoms with Gasteiger partial charge in [-0.3, -0.25) is 9.48 Å². The summed E-state index contributed by atoms with van der Waals surface area (Å²) in [6.45, 7) is 1.13. The molecule has 0 radical (unpaired) electrons. The van der Waals surface area contributed by atoms with Gasteiger partial charge in [-0.1, -0.05) is 0 Å². The SMILES string of the molecule is O=C([O-])c1cc2n(n1)CCCNC2=O. The Bertz CT molecular complexity index is 397. The predicted molar refractivity (Wildman–Crippen MR) is 43.5 cm³/mol. The minimum atomic E-state index is -1.36. The fourth-order valence-electron chi connectivity index (χ4n) is 1.39. The van der Waals surface area contributed by atoms with Gasteiger partial charge >= 0.3 is 0 Å². The normalized spacial score (nSPS) is 15.6. The first-order valence-corrected chi connectivity index (χ1v) is 4.26. The van der Waals surface area contributed by atoms with Crippen molar-refractivity contribution in [2.24, 2.45) is 0 Å². The zero-order chi connectivity index (χ0) is 10.1. The molecule has 0 saturated carbocycles. The Labute approximate surface area is 79.5 Å². The molecule has 0 aliphatic carbocycles. The summed E-state index contributed by atoms with van der Waals surface area (Å²) < 4.78 is 1.40. The number of amides is 1. The van der Waals surface area contributed by atoms with E-state index in [0.29, 0.717) is 13.1 Å². The Morgan fingerprint density at radius 2 is 2.43 bits per heavy atom. The van der Waals surface area contributed by atoms with E-state index in [-0.39, 0.29) is 17.3 Å². The van der Waals surface area contributed by atoms with E-state index in [2.05, 4.69) is 10.4 Å². The van der Waals surface area contributed by atoms with E-state index in [9.17, 15) is 14.7 Å². The topological polar surface area (TPSA) is 87.0 Å². The van der Waals surface area contributed by atoms with Crippen LogP contribution in [0.25, 0.3) is 0 Å². The maximum atomic E-state index is 11.4. The van der Waals surface area contributed by atoms with Crippen molar-refractivity contribution >= 4 is 11.9 Å². The van der Waals surface area contributed by atoms with Gasteiger partial charge in [-0.15, -0.1) is 0 Å². The van der Waals surface area contributed by atoms with E-state index in [0.717, 1.165) is 6.42 Å². The molecule has 6 heteroatoms. The summed E-state index contributed by atoms with van der Waals surface area (Å²) in [6.07, 6.45) is 0.743. The molecule has 0 unspecified atom stereocenters. The molecule has 0 aromatic carbocycles. The van der Waals surface area contributed by atoms with Crippen molar-refractivity contribution in [2.45, 2.75) is 13.0 Å². The Hall–Kier alpha value is -1.85. The molecule has 0 saturated heterocycles. The lowest BCUT2D eigenvalue weighted by Gasteiger charge is -1.98. The number of hydrogen-bond donors (Lipinski definition) is 1. The minimum absolute atomic E-state index is 0.197. The number of carbonyl (C=O) groups is 2. The molecule has 1 N–H and O–H groups in total. The summed E-state index contributed by atoms with van der Waals surface area (Å²) >= 11 is 0. The first-order chi connectivity index (χ1) is 6.68. The molecule has 2 rings (SSSR count). The largest absolute Gasteiger partial charge is 0.543 e. The molecule has 14 heavy (non-hydrogen) atoms. The number of rotatable bonds is 1. The fourth-order valence-corrected chi connectivity index (χ4v) is 1.39. The molecule has 1 aliphatic rings. The number of carboxylic acid groups (broad SMARTS) is 1. The Kier molecular flexibility index (Phi) is 1.95. The highest BCUT2D eigenvalue weighted by Gasteiger charge is 2.17. The standard InChI is InChI=1S/C8H9N3O3/c12-7-6-4-5(8(13)14)10-11(6)3-1-2-9-7/h4H,1-3H2,(H,9,12)(H,13,14)/p-1. The van der Waals surface area contributed by atoms with E-state index in [1.807, 2.05) is 0 Å². The van der Waals surface area contributed by atoms with Crippen LogP contribution >= 0.6 is 0 Å². The maximum Gasteiger partial charge on any atom is 0.269 e. The van der Waals surface area contributed by atoms with Crippen molar-refractivity contribution in [3.05, 3.63) is 17.5 Å². The second-order valence-corrected chi connectivity index (χ2v) is 3.03. The summed E-state index contributed by atoms with van der Waals surface area (Å²) in [5.74, 6) is -1.65. The number of nitrogens with zero attached hydrogens (tertiary/aromatic N) is 2. The van der Waals surface area contributed by atoms with Crippen LogP contribution in [0.1, 0.15) is 27.4 Å². The van der Waals surface area contributed by atoms with Crippen LogP contribution in [0, 0.1) is 0 Å². The number of carboxylic acids is 1. The quantitative estimate of drug-likeness (QED) is 0.582. The summed E-state index contributed by atoms with van der Waals surface area (Å²) in [4.78, 5) is 21.8. The van der Waals surface area contributed by atoms with Crippen LogP contribution in [0.15, 0.2) is 6.07 Å². The van der Waals surface area contributed by atoms with Gasteiger partial charge in [0.2, 0.25) is 0 Å². The molecule has 74 valence electrons. The Balaban J connectivity index is 2.44. The van der Waals surface area contributed by atoms with Gasteiger partial charge in [-0.25, -0.2) is 0 Å². The highest BCUT2D eigenvalue weighted by molar-refractivity contribution is 5.95. The number of nitrogens with one attached hydrogen (secondary N) is 1. The van der Waals surface area contributed by atoms with Gasteiger partial charge in [-0.05, 0) is 12.5 Å². The molecular weight excluding hydrogens is 186 g/mol. The van der Waals surface area contributed by atoms with E-state index in [4.69, 9.17) is 0 Å². The van der Waals surface area contributed by atoms with Crippen molar-refractivity contribution < 1.29 is 14.7 Å². The van der Waals surface area contributed by atoms with Crippen molar-refractivity contribution in [1.29, 1.82) is 0 Å². The van der Waals surface area contributed by atoms with Gasteiger partial charge < -0.3 is 15.2 Å². The van der Waals surface area contributed by atoms with Crippen molar-refractivity contribution in [1.82, 2.24) is 15.1 Å². The summed E-state index contributed by atoms with van der Waals surface area (Å²) in [5, 5.41) is 16.9. The summed E-state index contributed by atoms with van der Waals surface area (Å²) in [7, 11) is 0. The highest BCUT2D eigenvalue weighted by atomic mass is 16.4. The minimum Gasteiger partial charge on any atom is -0.543 e. The molecule has 0 bridgehead atoms. The lowest BCUT2D eigenvalue weighted by molar-refractivity contribution is -0.255. The van der Waals surface area contributed by atoms with Crippen molar-refractivity contribution in [2.75, 3.05) is 6.54 Å². The first-order valence-electron chi connectivity index (χ1n) is 4.26. The van der Waals surface area contributed by atoms with Gasteiger partial charge in [0, 0.05) is 13.1 Å². The molecule has 0 spiro atoms. The smallest absolute Gasteiger partial charge is 0.269 e. The van der Waals surface area contributed by atoms with Crippen LogP contribution in [0.4, 0.5) is 0 Å². The number of hydrogen-bond acceptors (Lipinski definition) is 4. The molecule has 1 aromatic rings. The fraction of sp³-hybridized carbons (Fsp3) is 0.375. The third-order valence-electron chi connectivity index (χ3n) is 2.05. The zero-order valence-corrected chi connectivity index (χ0v) is 7.32. The van der Waals surface area contributed by atoms with Crippen LogP contribution in [0.2, 0.25) is 0 Å². The lowest BCUT2D eigenvalue weighted by atomic mass is 10.3. The third-order valence-corrected chi connectivity index (χ3v) is 2.05. The molecule has 6 nitrogen and oxygen atoms in total. The third kappa shape index (κ3) is 1.34. The van der Waals surface area contributed by atoms with Crippen molar-refractivity contribution in [3.8, 4) is 0 Å². The lowest BCUT2D eigenvalue weighted by Crippen LogP contribution is -2.24. The van der Waals surface area contributed by atoms with Crippen LogP contribution in [-0.2, 0) is 6.54 Å². The number of aromatic nitrogens is 2. The van der Waals surface area contributed by atoms with Gasteiger partial charge in [-0.2, -0.15) is 5.10 Å². The van der Waals surface area contributed by atoms with Crippen LogP contribution < -0.4 is 10.4 Å². The van der Waals surface area contributed by atoms with Crippen molar-refractivity contribution in [3.63, 3.8) is 0 Å². The summed E-state index contributed by atoms with van der Waals surface area (Å²) in [6, 6.07) is 1.23. The van der Waals surface area contributed by atoms with E-state index < -0.39 is 5.97 Å². The Morgan fingerprint density at radius 1 is 1.64 bits per heavy atom. The van der Waals surface area contributed by atoms with Gasteiger partial charge in [0.05, 0.1) is 5.97 Å². The molecule has 1 aliphatic heterocycles. The molecule has 0 atom stereocenters. The van der Waals surface area contributed by atoms with Gasteiger partial charge in [0.25, 0.3) is 5.91 Å². The molecule has 1 amide bonds. The highest BCUT2D eigenvalue weighted by Crippen LogP contribution is 2.07. The van der Waals surface area contributed by atoms with Crippen LogP contribution in [0.3, 0.4) is 0 Å². The monoisotopic (exact) mass is 194 g/mol. The zero-order valence-electron chi connectivity index (χ0n) is 7.32. The van der Waals surface area contributed by atoms with E-state index in [1.54, 1.807) is 0 Å². The average molecular weight is 194 g/mol. The number of aromatic carboxylic acids is 1. The maximum absolute atomic E-state index is 11.4. The second-order valence-electron chi connectivity index (χ2n) is 3.03. The second kappa shape index (κ2) is 3.13. The van der Waals surface area contributed by atoms with Gasteiger partial charge in [0.1, 0.15) is 11.4 Å². The molecule has 0 fully saturated rings. The molecular formula is C8H8N3O3-. The first kappa shape index (κ1) is 8.74. The number of fused-ring (bicyclic) bond motifs is 1. The number of carbonyl (C=O) groups excluding carboxylic acids is 2. The van der Waals surface area contributed by atoms with E-state index >= 15 is 0 Å². The van der Waals surface area contributed by atoms with Crippen LogP contribution in [-0.4, -0.2) is 28.2 Å². The molecule has 2 heterocycles. The van der Waals surface area contributed by atoms with Crippen LogP contribution in [0.5, 0.6) is 0 Å². The average Bonchev–Trinajstić information content (AvgIpc) is 2.49. The molecule has 1 aromatic heterocycles. The summed E-state index contributed by atoms with van der Waals surface area (Å²) in [5.41, 5.74) is 0.0822. The predicted octanol–water partition coefficient (Wildman–Crippen LogP) is -1.62. The Morgan fingerprint density at radius 3 is 3.14 bits per heavy atom.